The van der Waals surface area contributed by atoms with E-state index >= 15 is 0 Å². The third-order valence-electron chi connectivity index (χ3n) is 6.24. The molecular formula is C28H33N7O2. The lowest BCUT2D eigenvalue weighted by Crippen LogP contribution is -2.17. The molecule has 3 aromatic carbocycles. The third-order valence-corrected chi connectivity index (χ3v) is 6.24. The minimum Gasteiger partial charge on any atom is -0.378 e. The van der Waals surface area contributed by atoms with Gasteiger partial charge in [0.15, 0.2) is 0 Å². The van der Waals surface area contributed by atoms with Crippen molar-refractivity contribution in [3.05, 3.63) is 77.9 Å². The molecule has 5 N–H and O–H groups in total. The van der Waals surface area contributed by atoms with Gasteiger partial charge in [-0.1, -0.05) is 54.6 Å². The highest BCUT2D eigenvalue weighted by molar-refractivity contribution is 5.86. The maximum atomic E-state index is 5.61. The van der Waals surface area contributed by atoms with Crippen LogP contribution in [0.1, 0.15) is 23.6 Å². The first-order valence-electron chi connectivity index (χ1n) is 12.7. The molecule has 1 aliphatic rings. The zero-order chi connectivity index (χ0) is 25.3. The second-order valence-electron chi connectivity index (χ2n) is 8.87. The fourth-order valence-electron chi connectivity index (χ4n) is 4.47. The van der Waals surface area contributed by atoms with Crippen LogP contribution >= 0.6 is 0 Å². The topological polar surface area (TPSA) is 119 Å². The van der Waals surface area contributed by atoms with Gasteiger partial charge in [0.25, 0.3) is 0 Å². The Morgan fingerprint density at radius 2 is 1.54 bits per heavy atom. The summed E-state index contributed by atoms with van der Waals surface area (Å²) in [4.78, 5) is 13.9. The van der Waals surface area contributed by atoms with Crippen LogP contribution in [0.4, 0.5) is 23.5 Å². The summed E-state index contributed by atoms with van der Waals surface area (Å²) >= 11 is 0. The average Bonchev–Trinajstić information content (AvgIpc) is 3.33. The number of hydrogen-bond donors (Lipinski definition) is 4. The van der Waals surface area contributed by atoms with Crippen LogP contribution in [0.15, 0.2) is 66.7 Å². The maximum absolute atomic E-state index is 5.61. The lowest BCUT2D eigenvalue weighted by molar-refractivity contribution is 0.0547. The van der Waals surface area contributed by atoms with Gasteiger partial charge in [-0.05, 0) is 46.9 Å². The van der Waals surface area contributed by atoms with Gasteiger partial charge in [-0.2, -0.15) is 15.0 Å². The Bertz CT molecular complexity index is 1320. The number of hydrogen-bond acceptors (Lipinski definition) is 9. The standard InChI is InChI=1S/C28H33N7O2/c29-13-15-36-17-18-37-16-14-30-26-33-27(31-23-11-9-20-5-1-2-7-22(20)19-23)35-28(34-26)32-25-12-10-21-6-3-4-8-24(21)25/h1-9,11,19,25H,10,12-18,29H2,(H3,30,31,32,33,34,35). The van der Waals surface area contributed by atoms with Gasteiger partial charge in [0, 0.05) is 18.8 Å². The number of nitrogens with one attached hydrogen (secondary N) is 3. The van der Waals surface area contributed by atoms with Crippen molar-refractivity contribution in [2.45, 2.75) is 18.9 Å². The quantitative estimate of drug-likeness (QED) is 0.200. The molecule has 0 radical (unpaired) electrons. The second kappa shape index (κ2) is 12.4. The molecule has 9 heteroatoms. The van der Waals surface area contributed by atoms with Gasteiger partial charge in [0.1, 0.15) is 0 Å². The van der Waals surface area contributed by atoms with Crippen LogP contribution in [-0.2, 0) is 15.9 Å². The van der Waals surface area contributed by atoms with Crippen LogP contribution in [0, 0.1) is 0 Å². The van der Waals surface area contributed by atoms with Crippen molar-refractivity contribution in [3.63, 3.8) is 0 Å². The number of aromatic nitrogens is 3. The molecule has 0 bridgehead atoms. The monoisotopic (exact) mass is 499 g/mol. The molecule has 1 unspecified atom stereocenters. The van der Waals surface area contributed by atoms with E-state index in [-0.39, 0.29) is 6.04 Å². The molecule has 0 amide bonds. The third kappa shape index (κ3) is 6.71. The van der Waals surface area contributed by atoms with Gasteiger partial charge in [0.05, 0.1) is 32.5 Å². The smallest absolute Gasteiger partial charge is 0.233 e. The van der Waals surface area contributed by atoms with E-state index in [1.165, 1.54) is 16.5 Å². The van der Waals surface area contributed by atoms with Crippen molar-refractivity contribution in [2.75, 3.05) is 55.5 Å². The molecule has 192 valence electrons. The number of benzene rings is 3. The summed E-state index contributed by atoms with van der Waals surface area (Å²) in [5.41, 5.74) is 9.00. The van der Waals surface area contributed by atoms with Crippen LogP contribution in [0.5, 0.6) is 0 Å². The molecule has 9 nitrogen and oxygen atoms in total. The summed E-state index contributed by atoms with van der Waals surface area (Å²) in [6, 6.07) is 23.1. The van der Waals surface area contributed by atoms with Gasteiger partial charge in [-0.3, -0.25) is 0 Å². The molecule has 4 aromatic rings. The number of rotatable bonds is 13. The molecule has 0 spiro atoms. The summed E-state index contributed by atoms with van der Waals surface area (Å²) in [6.07, 6.45) is 2.04. The van der Waals surface area contributed by atoms with E-state index in [9.17, 15) is 0 Å². The van der Waals surface area contributed by atoms with Crippen LogP contribution in [0.2, 0.25) is 0 Å². The maximum Gasteiger partial charge on any atom is 0.233 e. The fraction of sp³-hybridized carbons (Fsp3) is 0.321. The fourth-order valence-corrected chi connectivity index (χ4v) is 4.47. The van der Waals surface area contributed by atoms with Gasteiger partial charge in [-0.25, -0.2) is 0 Å². The van der Waals surface area contributed by atoms with Crippen molar-refractivity contribution in [1.29, 1.82) is 0 Å². The number of ether oxygens (including phenoxy) is 2. The predicted molar refractivity (Wildman–Crippen MR) is 147 cm³/mol. The molecule has 1 atom stereocenters. The number of anilines is 4. The molecule has 0 aliphatic heterocycles. The van der Waals surface area contributed by atoms with E-state index in [2.05, 4.69) is 79.4 Å². The Morgan fingerprint density at radius 3 is 2.43 bits per heavy atom. The normalized spacial score (nSPS) is 14.5. The number of nitrogens with two attached hydrogens (primary N) is 1. The largest absolute Gasteiger partial charge is 0.378 e. The highest BCUT2D eigenvalue weighted by atomic mass is 16.5. The number of nitrogens with zero attached hydrogens (tertiary/aromatic N) is 3. The Labute approximate surface area is 216 Å². The van der Waals surface area contributed by atoms with Crippen molar-refractivity contribution in [2.24, 2.45) is 5.73 Å². The first-order chi connectivity index (χ1) is 18.3. The number of fused-ring (bicyclic) bond motifs is 2. The summed E-state index contributed by atoms with van der Waals surface area (Å²) in [5.74, 6) is 1.48. The van der Waals surface area contributed by atoms with E-state index in [1.807, 2.05) is 18.2 Å². The highest BCUT2D eigenvalue weighted by Gasteiger charge is 2.23. The Kier molecular flexibility index (Phi) is 8.37. The van der Waals surface area contributed by atoms with Crippen LogP contribution in [-0.4, -0.2) is 54.5 Å². The minimum absolute atomic E-state index is 0.164. The molecule has 1 aliphatic carbocycles. The zero-order valence-corrected chi connectivity index (χ0v) is 20.8. The van der Waals surface area contributed by atoms with E-state index in [0.29, 0.717) is 57.4 Å². The molecule has 5 rings (SSSR count). The Morgan fingerprint density at radius 1 is 0.784 bits per heavy atom. The van der Waals surface area contributed by atoms with Crippen LogP contribution < -0.4 is 21.7 Å². The molecular weight excluding hydrogens is 466 g/mol. The lowest BCUT2D eigenvalue weighted by Gasteiger charge is -2.16. The van der Waals surface area contributed by atoms with Gasteiger partial charge < -0.3 is 31.2 Å². The van der Waals surface area contributed by atoms with Crippen molar-refractivity contribution >= 4 is 34.3 Å². The van der Waals surface area contributed by atoms with E-state index in [1.54, 1.807) is 0 Å². The van der Waals surface area contributed by atoms with Gasteiger partial charge in [-0.15, -0.1) is 0 Å². The molecule has 1 aromatic heterocycles. The summed E-state index contributed by atoms with van der Waals surface area (Å²) in [7, 11) is 0. The predicted octanol–water partition coefficient (Wildman–Crippen LogP) is 4.27. The first-order valence-corrected chi connectivity index (χ1v) is 12.7. The second-order valence-corrected chi connectivity index (χ2v) is 8.87. The SMILES string of the molecule is NCCOCCOCCNc1nc(Nc2ccc3ccccc3c2)nc(NC2CCc3ccccc32)n1. The molecule has 0 saturated heterocycles. The Hall–Kier alpha value is -3.79. The molecule has 1 heterocycles. The lowest BCUT2D eigenvalue weighted by atomic mass is 10.1. The van der Waals surface area contributed by atoms with Crippen LogP contribution in [0.3, 0.4) is 0 Å². The molecule has 37 heavy (non-hydrogen) atoms. The minimum atomic E-state index is 0.164. The van der Waals surface area contributed by atoms with Gasteiger partial charge >= 0.3 is 0 Å². The highest BCUT2D eigenvalue weighted by Crippen LogP contribution is 2.33. The van der Waals surface area contributed by atoms with Crippen molar-refractivity contribution in [3.8, 4) is 0 Å². The van der Waals surface area contributed by atoms with E-state index in [4.69, 9.17) is 15.2 Å². The van der Waals surface area contributed by atoms with E-state index < -0.39 is 0 Å². The molecule has 0 fully saturated rings. The summed E-state index contributed by atoms with van der Waals surface area (Å²) < 4.78 is 10.9. The summed E-state index contributed by atoms with van der Waals surface area (Å²) in [6.45, 7) is 3.16. The van der Waals surface area contributed by atoms with Gasteiger partial charge in [0.2, 0.25) is 17.8 Å². The zero-order valence-electron chi connectivity index (χ0n) is 20.8. The van der Waals surface area contributed by atoms with Crippen LogP contribution in [0.25, 0.3) is 10.8 Å². The number of aryl methyl sites for hydroxylation is 1. The van der Waals surface area contributed by atoms with Crippen molar-refractivity contribution < 1.29 is 9.47 Å². The summed E-state index contributed by atoms with van der Waals surface area (Å²) in [5, 5.41) is 12.5. The molecule has 0 saturated carbocycles. The first kappa shape index (κ1) is 24.9. The van der Waals surface area contributed by atoms with Crippen molar-refractivity contribution in [1.82, 2.24) is 15.0 Å². The van der Waals surface area contributed by atoms with E-state index in [0.717, 1.165) is 23.9 Å². The Balaban J connectivity index is 1.29. The average molecular weight is 500 g/mol.